The van der Waals surface area contributed by atoms with E-state index in [4.69, 9.17) is 5.73 Å². The van der Waals surface area contributed by atoms with Gasteiger partial charge < -0.3 is 10.6 Å². The Morgan fingerprint density at radius 2 is 2.31 bits per heavy atom. The van der Waals surface area contributed by atoms with Crippen LogP contribution >= 0.6 is 11.3 Å². The molecule has 6 heteroatoms. The van der Waals surface area contributed by atoms with Crippen LogP contribution in [0.15, 0.2) is 0 Å². The lowest BCUT2D eigenvalue weighted by Gasteiger charge is -2.35. The molecule has 0 bridgehead atoms. The van der Waals surface area contributed by atoms with Gasteiger partial charge in [0.25, 0.3) is 0 Å². The Bertz CT molecular complexity index is 338. The minimum atomic E-state index is 0.566. The Morgan fingerprint density at radius 1 is 1.50 bits per heavy atom. The van der Waals surface area contributed by atoms with Gasteiger partial charge in [0.2, 0.25) is 5.13 Å². The highest BCUT2D eigenvalue weighted by Crippen LogP contribution is 2.18. The summed E-state index contributed by atoms with van der Waals surface area (Å²) in [6.45, 7) is 3.16. The molecule has 1 atom stereocenters. The first kappa shape index (κ1) is 11.8. The highest BCUT2D eigenvalue weighted by atomic mass is 32.1. The number of anilines is 1. The highest BCUT2D eigenvalue weighted by Gasteiger charge is 2.22. The molecule has 1 aliphatic heterocycles. The van der Waals surface area contributed by atoms with Crippen molar-refractivity contribution in [3.8, 4) is 0 Å². The van der Waals surface area contributed by atoms with Crippen molar-refractivity contribution < 1.29 is 0 Å². The number of nitrogen functional groups attached to an aromatic ring is 1. The van der Waals surface area contributed by atoms with Gasteiger partial charge in [-0.15, -0.1) is 10.2 Å². The second-order valence-electron chi connectivity index (χ2n) is 4.53. The summed E-state index contributed by atoms with van der Waals surface area (Å²) in [6, 6.07) is 0.666. The van der Waals surface area contributed by atoms with E-state index in [1.807, 2.05) is 0 Å². The van der Waals surface area contributed by atoms with Crippen LogP contribution < -0.4 is 5.73 Å². The van der Waals surface area contributed by atoms with Crippen LogP contribution in [0.4, 0.5) is 5.13 Å². The molecule has 5 nitrogen and oxygen atoms in total. The SMILES string of the molecule is CN(C)C1CCCN(Cc2nnc(N)s2)C1. The number of hydrogen-bond donors (Lipinski definition) is 1. The van der Waals surface area contributed by atoms with Crippen LogP contribution in [0.2, 0.25) is 0 Å². The second kappa shape index (κ2) is 5.07. The van der Waals surface area contributed by atoms with Crippen LogP contribution in [-0.2, 0) is 6.54 Å². The first-order valence-corrected chi connectivity index (χ1v) is 6.43. The molecular formula is C10H19N5S. The summed E-state index contributed by atoms with van der Waals surface area (Å²) in [5.74, 6) is 0. The molecule has 2 heterocycles. The van der Waals surface area contributed by atoms with Gasteiger partial charge in [-0.05, 0) is 33.5 Å². The molecule has 0 aliphatic carbocycles. The molecular weight excluding hydrogens is 222 g/mol. The van der Waals surface area contributed by atoms with Crippen LogP contribution in [0.3, 0.4) is 0 Å². The molecule has 0 radical (unpaired) electrons. The van der Waals surface area contributed by atoms with Crippen molar-refractivity contribution in [3.05, 3.63) is 5.01 Å². The molecule has 1 saturated heterocycles. The maximum Gasteiger partial charge on any atom is 0.203 e. The fraction of sp³-hybridized carbons (Fsp3) is 0.800. The lowest BCUT2D eigenvalue weighted by atomic mass is 10.1. The smallest absolute Gasteiger partial charge is 0.203 e. The number of nitrogens with zero attached hydrogens (tertiary/aromatic N) is 4. The third-order valence-electron chi connectivity index (χ3n) is 3.05. The number of nitrogens with two attached hydrogens (primary N) is 1. The summed E-state index contributed by atoms with van der Waals surface area (Å²) in [6.07, 6.45) is 2.55. The monoisotopic (exact) mass is 241 g/mol. The van der Waals surface area contributed by atoms with Gasteiger partial charge in [0.05, 0.1) is 6.54 Å². The molecule has 90 valence electrons. The van der Waals surface area contributed by atoms with Gasteiger partial charge in [0.1, 0.15) is 5.01 Å². The Labute approximate surface area is 100 Å². The second-order valence-corrected chi connectivity index (χ2v) is 5.62. The van der Waals surface area contributed by atoms with E-state index in [0.717, 1.165) is 24.6 Å². The van der Waals surface area contributed by atoms with E-state index >= 15 is 0 Å². The van der Waals surface area contributed by atoms with E-state index in [0.29, 0.717) is 11.2 Å². The van der Waals surface area contributed by atoms with Crippen molar-refractivity contribution in [3.63, 3.8) is 0 Å². The van der Waals surface area contributed by atoms with Gasteiger partial charge in [-0.3, -0.25) is 4.90 Å². The first-order chi connectivity index (χ1) is 7.65. The minimum Gasteiger partial charge on any atom is -0.374 e. The fourth-order valence-electron chi connectivity index (χ4n) is 2.12. The summed E-state index contributed by atoms with van der Waals surface area (Å²) < 4.78 is 0. The van der Waals surface area contributed by atoms with Crippen molar-refractivity contribution in [2.75, 3.05) is 32.9 Å². The van der Waals surface area contributed by atoms with Crippen molar-refractivity contribution in [1.82, 2.24) is 20.0 Å². The highest BCUT2D eigenvalue weighted by molar-refractivity contribution is 7.15. The third kappa shape index (κ3) is 2.90. The molecule has 2 N–H and O–H groups in total. The van der Waals surface area contributed by atoms with Gasteiger partial charge in [-0.1, -0.05) is 11.3 Å². The quantitative estimate of drug-likeness (QED) is 0.842. The Hall–Kier alpha value is -0.720. The molecule has 0 spiro atoms. The topological polar surface area (TPSA) is 58.3 Å². The lowest BCUT2D eigenvalue weighted by Crippen LogP contribution is -2.44. The molecule has 0 amide bonds. The fourth-order valence-corrected chi connectivity index (χ4v) is 2.77. The Balaban J connectivity index is 1.90. The van der Waals surface area contributed by atoms with E-state index in [1.165, 1.54) is 24.2 Å². The van der Waals surface area contributed by atoms with Gasteiger partial charge in [0.15, 0.2) is 0 Å². The lowest BCUT2D eigenvalue weighted by molar-refractivity contribution is 0.127. The van der Waals surface area contributed by atoms with Crippen LogP contribution in [0.1, 0.15) is 17.8 Å². The molecule has 1 aliphatic rings. The molecule has 1 unspecified atom stereocenters. The number of likely N-dealkylation sites (N-methyl/N-ethyl adjacent to an activating group) is 1. The zero-order chi connectivity index (χ0) is 11.5. The van der Waals surface area contributed by atoms with Gasteiger partial charge in [-0.25, -0.2) is 0 Å². The first-order valence-electron chi connectivity index (χ1n) is 5.62. The molecule has 1 aromatic rings. The van der Waals surface area contributed by atoms with Crippen molar-refractivity contribution in [2.45, 2.75) is 25.4 Å². The van der Waals surface area contributed by atoms with E-state index in [9.17, 15) is 0 Å². The number of likely N-dealkylation sites (tertiary alicyclic amines) is 1. The standard InChI is InChI=1S/C10H19N5S/c1-14(2)8-4-3-5-15(6-8)7-9-12-13-10(11)16-9/h8H,3-7H2,1-2H3,(H2,11,13). The van der Waals surface area contributed by atoms with E-state index < -0.39 is 0 Å². The van der Waals surface area contributed by atoms with Crippen LogP contribution in [0.25, 0.3) is 0 Å². The summed E-state index contributed by atoms with van der Waals surface area (Å²) in [7, 11) is 4.30. The van der Waals surface area contributed by atoms with Gasteiger partial charge in [0, 0.05) is 12.6 Å². The van der Waals surface area contributed by atoms with Crippen molar-refractivity contribution in [2.24, 2.45) is 0 Å². The number of hydrogen-bond acceptors (Lipinski definition) is 6. The molecule has 16 heavy (non-hydrogen) atoms. The summed E-state index contributed by atoms with van der Waals surface area (Å²) >= 11 is 1.49. The van der Waals surface area contributed by atoms with Crippen molar-refractivity contribution in [1.29, 1.82) is 0 Å². The van der Waals surface area contributed by atoms with Gasteiger partial charge in [-0.2, -0.15) is 0 Å². The van der Waals surface area contributed by atoms with E-state index in [2.05, 4.69) is 34.1 Å². The minimum absolute atomic E-state index is 0.566. The zero-order valence-electron chi connectivity index (χ0n) is 9.89. The van der Waals surface area contributed by atoms with E-state index in [1.54, 1.807) is 0 Å². The maximum absolute atomic E-state index is 5.58. The van der Waals surface area contributed by atoms with Crippen LogP contribution in [0.5, 0.6) is 0 Å². The predicted molar refractivity (Wildman–Crippen MR) is 66.3 cm³/mol. The van der Waals surface area contributed by atoms with Crippen LogP contribution in [-0.4, -0.2) is 53.2 Å². The normalized spacial score (nSPS) is 22.8. The molecule has 1 fully saturated rings. The molecule has 1 aromatic heterocycles. The average Bonchev–Trinajstić information content (AvgIpc) is 2.64. The Morgan fingerprint density at radius 3 is 2.94 bits per heavy atom. The number of piperidine rings is 1. The number of rotatable bonds is 3. The molecule has 0 saturated carbocycles. The number of aromatic nitrogens is 2. The van der Waals surface area contributed by atoms with Gasteiger partial charge >= 0.3 is 0 Å². The maximum atomic E-state index is 5.58. The third-order valence-corrected chi connectivity index (χ3v) is 3.79. The van der Waals surface area contributed by atoms with Crippen molar-refractivity contribution >= 4 is 16.5 Å². The van der Waals surface area contributed by atoms with Crippen LogP contribution in [0, 0.1) is 0 Å². The molecule has 0 aromatic carbocycles. The van der Waals surface area contributed by atoms with E-state index in [-0.39, 0.29) is 0 Å². The average molecular weight is 241 g/mol. The summed E-state index contributed by atoms with van der Waals surface area (Å²) in [5, 5.41) is 9.50. The zero-order valence-corrected chi connectivity index (χ0v) is 10.7. The predicted octanol–water partition coefficient (Wildman–Crippen LogP) is 0.646. The summed E-state index contributed by atoms with van der Waals surface area (Å²) in [5.41, 5.74) is 5.58. The largest absolute Gasteiger partial charge is 0.374 e. The molecule has 2 rings (SSSR count). The Kier molecular flexibility index (Phi) is 3.73. The summed E-state index contributed by atoms with van der Waals surface area (Å²) in [4.78, 5) is 4.74.